The topological polar surface area (TPSA) is 99.1 Å². The highest BCUT2D eigenvalue weighted by Crippen LogP contribution is 2.22. The fourth-order valence-corrected chi connectivity index (χ4v) is 5.46. The fourth-order valence-electron chi connectivity index (χ4n) is 5.46. The number of ether oxygens (including phenoxy) is 3. The van der Waals surface area contributed by atoms with Gasteiger partial charge in [0.25, 0.3) is 0 Å². The normalized spacial score (nSPS) is 11.7. The Bertz CT molecular complexity index is 698. The maximum Gasteiger partial charge on any atom is 0.305 e. The van der Waals surface area contributed by atoms with Gasteiger partial charge in [-0.15, -0.1) is 0 Å². The van der Waals surface area contributed by atoms with Crippen molar-refractivity contribution in [2.24, 2.45) is 17.3 Å². The third-order valence-corrected chi connectivity index (χ3v) is 8.76. The van der Waals surface area contributed by atoms with Gasteiger partial charge in [0.15, 0.2) is 0 Å². The zero-order chi connectivity index (χ0) is 34.3. The molecule has 0 aliphatic rings. The van der Waals surface area contributed by atoms with Crippen LogP contribution in [0.5, 0.6) is 0 Å². The molecule has 0 amide bonds. The van der Waals surface area contributed by atoms with E-state index in [4.69, 9.17) is 14.2 Å². The molecule has 1 N–H and O–H groups in total. The third-order valence-electron chi connectivity index (χ3n) is 8.76. The summed E-state index contributed by atoms with van der Waals surface area (Å²) in [6.07, 6.45) is 24.5. The van der Waals surface area contributed by atoms with Crippen molar-refractivity contribution < 1.29 is 33.7 Å². The Labute approximate surface area is 283 Å². The van der Waals surface area contributed by atoms with E-state index in [-0.39, 0.29) is 37.7 Å². The molecule has 0 radical (unpaired) electrons. The van der Waals surface area contributed by atoms with Gasteiger partial charge in [-0.2, -0.15) is 0 Å². The van der Waals surface area contributed by atoms with Crippen molar-refractivity contribution in [3.8, 4) is 0 Å². The summed E-state index contributed by atoms with van der Waals surface area (Å²) < 4.78 is 16.6. The monoisotopic (exact) mass is 655 g/mol. The number of aliphatic hydroxyl groups excluding tert-OH is 1. The SMILES string of the molecule is CCCCCCCCCCCCCC(=O)OCC(CO)(COC(=O)CCCCCCC(C)C)COC(=O)CCCCCCC(C)C. The maximum absolute atomic E-state index is 12.6. The first-order valence-corrected chi connectivity index (χ1v) is 19.2. The largest absolute Gasteiger partial charge is 0.465 e. The highest BCUT2D eigenvalue weighted by molar-refractivity contribution is 5.70. The predicted molar refractivity (Wildman–Crippen MR) is 189 cm³/mol. The standard InChI is InChI=1S/C39H74O7/c1-6-7-8-9-10-11-12-13-14-15-22-27-36(41)44-31-39(30-40,32-45-37(42)28-23-18-16-20-25-34(2)3)33-46-38(43)29-24-19-17-21-26-35(4)5/h34-35,40H,6-33H2,1-5H3. The minimum Gasteiger partial charge on any atom is -0.465 e. The number of hydrogen-bond acceptors (Lipinski definition) is 7. The highest BCUT2D eigenvalue weighted by Gasteiger charge is 2.35. The Balaban J connectivity index is 4.65. The molecule has 0 bridgehead atoms. The van der Waals surface area contributed by atoms with Crippen LogP contribution < -0.4 is 0 Å². The lowest BCUT2D eigenvalue weighted by Gasteiger charge is -2.30. The fraction of sp³-hybridized carbons (Fsp3) is 0.923. The van der Waals surface area contributed by atoms with Crippen LogP contribution in [-0.2, 0) is 28.6 Å². The van der Waals surface area contributed by atoms with Gasteiger partial charge in [0, 0.05) is 19.3 Å². The Kier molecular flexibility index (Phi) is 29.6. The zero-order valence-electron chi connectivity index (χ0n) is 30.9. The van der Waals surface area contributed by atoms with Crippen molar-refractivity contribution in [1.29, 1.82) is 0 Å². The number of rotatable bonds is 33. The van der Waals surface area contributed by atoms with Gasteiger partial charge in [-0.1, -0.05) is 150 Å². The highest BCUT2D eigenvalue weighted by atomic mass is 16.6. The molecule has 0 heterocycles. The van der Waals surface area contributed by atoms with Crippen molar-refractivity contribution in [3.05, 3.63) is 0 Å². The first-order chi connectivity index (χ1) is 22.1. The maximum atomic E-state index is 12.6. The minimum absolute atomic E-state index is 0.161. The van der Waals surface area contributed by atoms with Crippen molar-refractivity contribution in [2.45, 2.75) is 189 Å². The Morgan fingerprint density at radius 3 is 1.04 bits per heavy atom. The second-order valence-corrected chi connectivity index (χ2v) is 14.6. The molecule has 0 aromatic carbocycles. The number of unbranched alkanes of at least 4 members (excludes halogenated alkanes) is 16. The molecule has 0 atom stereocenters. The van der Waals surface area contributed by atoms with E-state index in [1.54, 1.807) is 0 Å². The average molecular weight is 655 g/mol. The van der Waals surface area contributed by atoms with E-state index >= 15 is 0 Å². The van der Waals surface area contributed by atoms with Gasteiger partial charge >= 0.3 is 17.9 Å². The Morgan fingerprint density at radius 1 is 0.478 bits per heavy atom. The third kappa shape index (κ3) is 28.6. The molecule has 0 aromatic rings. The molecule has 0 aromatic heterocycles. The molecule has 0 rings (SSSR count). The summed E-state index contributed by atoms with van der Waals surface area (Å²) in [5.74, 6) is 0.348. The molecular formula is C39H74O7. The number of carbonyl (C=O) groups excluding carboxylic acids is 3. The molecule has 0 spiro atoms. The molecule has 272 valence electrons. The van der Waals surface area contributed by atoms with Crippen LogP contribution in [0.15, 0.2) is 0 Å². The molecule has 0 saturated heterocycles. The second-order valence-electron chi connectivity index (χ2n) is 14.6. The van der Waals surface area contributed by atoms with Crippen LogP contribution in [0, 0.1) is 17.3 Å². The van der Waals surface area contributed by atoms with Crippen LogP contribution in [0.25, 0.3) is 0 Å². The predicted octanol–water partition coefficient (Wildman–Crippen LogP) is 10.3. The van der Waals surface area contributed by atoms with Crippen molar-refractivity contribution in [3.63, 3.8) is 0 Å². The number of aliphatic hydroxyl groups is 1. The zero-order valence-corrected chi connectivity index (χ0v) is 30.9. The summed E-state index contributed by atoms with van der Waals surface area (Å²) >= 11 is 0. The molecule has 0 saturated carbocycles. The lowest BCUT2D eigenvalue weighted by molar-refractivity contribution is -0.165. The van der Waals surface area contributed by atoms with Gasteiger partial charge < -0.3 is 19.3 Å². The molecule has 7 heteroatoms. The molecule has 0 fully saturated rings. The number of carbonyl (C=O) groups is 3. The van der Waals surface area contributed by atoms with Gasteiger partial charge in [0.1, 0.15) is 19.8 Å². The van der Waals surface area contributed by atoms with Crippen molar-refractivity contribution >= 4 is 17.9 Å². The van der Waals surface area contributed by atoms with E-state index in [0.717, 1.165) is 70.6 Å². The van der Waals surface area contributed by atoms with E-state index in [0.29, 0.717) is 31.1 Å². The van der Waals surface area contributed by atoms with Gasteiger partial charge in [-0.25, -0.2) is 0 Å². The van der Waals surface area contributed by atoms with Gasteiger partial charge in [0.2, 0.25) is 0 Å². The Hall–Kier alpha value is -1.63. The van der Waals surface area contributed by atoms with E-state index in [9.17, 15) is 19.5 Å². The Morgan fingerprint density at radius 2 is 0.761 bits per heavy atom. The lowest BCUT2D eigenvalue weighted by Crippen LogP contribution is -2.42. The summed E-state index contributed by atoms with van der Waals surface area (Å²) in [5.41, 5.74) is -1.17. The minimum atomic E-state index is -1.17. The molecule has 0 aliphatic carbocycles. The summed E-state index contributed by atoms with van der Waals surface area (Å²) in [6.45, 7) is 10.2. The molecule has 0 unspecified atom stereocenters. The first kappa shape index (κ1) is 44.4. The van der Waals surface area contributed by atoms with Gasteiger partial charge in [-0.3, -0.25) is 14.4 Å². The molecule has 46 heavy (non-hydrogen) atoms. The summed E-state index contributed by atoms with van der Waals surface area (Å²) in [5, 5.41) is 10.4. The second kappa shape index (κ2) is 30.7. The van der Waals surface area contributed by atoms with Crippen LogP contribution >= 0.6 is 0 Å². The van der Waals surface area contributed by atoms with Gasteiger partial charge in [0.05, 0.1) is 12.0 Å². The first-order valence-electron chi connectivity index (χ1n) is 19.2. The van der Waals surface area contributed by atoms with Gasteiger partial charge in [-0.05, 0) is 31.1 Å². The van der Waals surface area contributed by atoms with E-state index < -0.39 is 12.0 Å². The number of hydrogen-bond donors (Lipinski definition) is 1. The lowest BCUT2D eigenvalue weighted by atomic mass is 9.92. The van der Waals surface area contributed by atoms with Crippen molar-refractivity contribution in [1.82, 2.24) is 0 Å². The summed E-state index contributed by atoms with van der Waals surface area (Å²) in [6, 6.07) is 0. The van der Waals surface area contributed by atoms with Crippen molar-refractivity contribution in [2.75, 3.05) is 26.4 Å². The van der Waals surface area contributed by atoms with Crippen LogP contribution in [0.4, 0.5) is 0 Å². The van der Waals surface area contributed by atoms with E-state index in [2.05, 4.69) is 34.6 Å². The summed E-state index contributed by atoms with van der Waals surface area (Å²) in [7, 11) is 0. The quantitative estimate of drug-likeness (QED) is 0.0427. The molecular weight excluding hydrogens is 580 g/mol. The number of esters is 3. The van der Waals surface area contributed by atoms with Crippen LogP contribution in [0.2, 0.25) is 0 Å². The van der Waals surface area contributed by atoms with E-state index in [1.165, 1.54) is 64.2 Å². The van der Waals surface area contributed by atoms with Crippen LogP contribution in [-0.4, -0.2) is 49.4 Å². The summed E-state index contributed by atoms with van der Waals surface area (Å²) in [4.78, 5) is 37.6. The average Bonchev–Trinajstić information content (AvgIpc) is 3.02. The smallest absolute Gasteiger partial charge is 0.305 e. The van der Waals surface area contributed by atoms with Crippen LogP contribution in [0.3, 0.4) is 0 Å². The molecule has 7 nitrogen and oxygen atoms in total. The van der Waals surface area contributed by atoms with E-state index in [1.807, 2.05) is 0 Å². The molecule has 0 aliphatic heterocycles. The van der Waals surface area contributed by atoms with Crippen LogP contribution in [0.1, 0.15) is 189 Å².